The van der Waals surface area contributed by atoms with Crippen molar-refractivity contribution in [3.8, 4) is 27.9 Å². The van der Waals surface area contributed by atoms with E-state index in [1.54, 1.807) is 0 Å². The number of rotatable bonds is 0. The van der Waals surface area contributed by atoms with Crippen LogP contribution in [0.15, 0.2) is 103 Å². The van der Waals surface area contributed by atoms with Crippen molar-refractivity contribution < 1.29 is 0 Å². The minimum absolute atomic E-state index is 1.18. The molecule has 5 aromatic carbocycles. The maximum atomic E-state index is 3.63. The van der Waals surface area contributed by atoms with Crippen LogP contribution in [0.4, 0.5) is 0 Å². The van der Waals surface area contributed by atoms with Crippen molar-refractivity contribution in [3.63, 3.8) is 0 Å². The first-order valence-corrected chi connectivity index (χ1v) is 11.1. The monoisotopic (exact) mass is 406 g/mol. The quantitative estimate of drug-likeness (QED) is 0.263. The number of aromatic nitrogens is 2. The average Bonchev–Trinajstić information content (AvgIpc) is 3.33. The summed E-state index contributed by atoms with van der Waals surface area (Å²) in [6.07, 6.45) is 0. The third kappa shape index (κ3) is 1.91. The van der Waals surface area contributed by atoms with E-state index in [9.17, 15) is 0 Å². The van der Waals surface area contributed by atoms with Crippen LogP contribution in [0.2, 0.25) is 0 Å². The standard InChI is InChI=1S/C30H18N2/c1-2-9-19-18(8-1)21-11-4-6-15-28(21)32-29-17-24-20-10-3-5-14-26(20)31-27(24)16-25(29)23-13-7-12-22(19)30(23)32/h1-17,31H. The first kappa shape index (κ1) is 16.4. The molecule has 2 aromatic heterocycles. The van der Waals surface area contributed by atoms with Gasteiger partial charge in [0.2, 0.25) is 0 Å². The zero-order chi connectivity index (χ0) is 20.8. The van der Waals surface area contributed by atoms with Gasteiger partial charge in [0.1, 0.15) is 0 Å². The lowest BCUT2D eigenvalue weighted by Crippen LogP contribution is -1.95. The van der Waals surface area contributed by atoms with Gasteiger partial charge in [0.25, 0.3) is 0 Å². The maximum absolute atomic E-state index is 3.63. The van der Waals surface area contributed by atoms with Gasteiger partial charge in [-0.1, -0.05) is 78.9 Å². The lowest BCUT2D eigenvalue weighted by molar-refractivity contribution is 1.19. The van der Waals surface area contributed by atoms with Gasteiger partial charge in [-0.15, -0.1) is 0 Å². The Balaban J connectivity index is 1.66. The van der Waals surface area contributed by atoms with Crippen molar-refractivity contribution in [1.82, 2.24) is 9.55 Å². The van der Waals surface area contributed by atoms with E-state index < -0.39 is 0 Å². The molecule has 7 aromatic rings. The van der Waals surface area contributed by atoms with Crippen LogP contribution in [0.1, 0.15) is 0 Å². The molecule has 0 saturated heterocycles. The molecular formula is C30H18N2. The Morgan fingerprint density at radius 2 is 1.16 bits per heavy atom. The Labute approximate surface area is 184 Å². The summed E-state index contributed by atoms with van der Waals surface area (Å²) in [6.45, 7) is 0. The lowest BCUT2D eigenvalue weighted by atomic mass is 9.94. The molecule has 2 nitrogen and oxygen atoms in total. The summed E-state index contributed by atoms with van der Waals surface area (Å²) in [5, 5.41) is 5.13. The normalized spacial score (nSPS) is 12.4. The highest BCUT2D eigenvalue weighted by molar-refractivity contribution is 6.21. The smallest absolute Gasteiger partial charge is 0.0619 e. The van der Waals surface area contributed by atoms with E-state index in [1.807, 2.05) is 0 Å². The molecule has 148 valence electrons. The van der Waals surface area contributed by atoms with Crippen molar-refractivity contribution in [1.29, 1.82) is 0 Å². The van der Waals surface area contributed by atoms with Crippen LogP contribution in [-0.2, 0) is 0 Å². The number of nitrogens with one attached hydrogen (secondary N) is 1. The first-order chi connectivity index (χ1) is 15.9. The van der Waals surface area contributed by atoms with E-state index in [0.717, 1.165) is 0 Å². The molecule has 1 N–H and O–H groups in total. The molecule has 32 heavy (non-hydrogen) atoms. The molecule has 0 fully saturated rings. The third-order valence-corrected chi connectivity index (χ3v) is 7.07. The molecule has 3 heterocycles. The summed E-state index contributed by atoms with van der Waals surface area (Å²) in [5.74, 6) is 0. The van der Waals surface area contributed by atoms with Crippen LogP contribution in [0.25, 0.3) is 71.6 Å². The number of hydrogen-bond acceptors (Lipinski definition) is 0. The molecule has 0 radical (unpaired) electrons. The number of benzene rings is 5. The summed E-state index contributed by atoms with van der Waals surface area (Å²) < 4.78 is 2.48. The van der Waals surface area contributed by atoms with E-state index in [2.05, 4.69) is 113 Å². The molecule has 0 aliphatic carbocycles. The van der Waals surface area contributed by atoms with Crippen molar-refractivity contribution in [2.75, 3.05) is 0 Å². The van der Waals surface area contributed by atoms with E-state index in [4.69, 9.17) is 0 Å². The number of hydrogen-bond donors (Lipinski definition) is 1. The molecule has 8 rings (SSSR count). The molecule has 2 heteroatoms. The van der Waals surface area contributed by atoms with E-state index >= 15 is 0 Å². The van der Waals surface area contributed by atoms with Crippen LogP contribution in [0, 0.1) is 0 Å². The van der Waals surface area contributed by atoms with Gasteiger partial charge in [-0.2, -0.15) is 0 Å². The van der Waals surface area contributed by atoms with Gasteiger partial charge in [-0.3, -0.25) is 0 Å². The highest BCUT2D eigenvalue weighted by Gasteiger charge is 2.24. The minimum atomic E-state index is 1.18. The molecule has 0 bridgehead atoms. The Morgan fingerprint density at radius 3 is 2.06 bits per heavy atom. The zero-order valence-electron chi connectivity index (χ0n) is 17.3. The molecule has 0 spiro atoms. The van der Waals surface area contributed by atoms with Crippen molar-refractivity contribution in [2.45, 2.75) is 0 Å². The Morgan fingerprint density at radius 1 is 0.469 bits per heavy atom. The molecule has 1 aliphatic heterocycles. The largest absolute Gasteiger partial charge is 0.354 e. The van der Waals surface area contributed by atoms with Gasteiger partial charge >= 0.3 is 0 Å². The fourth-order valence-electron chi connectivity index (χ4n) is 5.73. The Bertz CT molecular complexity index is 1880. The number of fused-ring (bicyclic) bond motifs is 11. The fourth-order valence-corrected chi connectivity index (χ4v) is 5.73. The van der Waals surface area contributed by atoms with E-state index in [1.165, 1.54) is 71.6 Å². The van der Waals surface area contributed by atoms with Crippen LogP contribution in [0.5, 0.6) is 0 Å². The predicted molar refractivity (Wildman–Crippen MR) is 135 cm³/mol. The van der Waals surface area contributed by atoms with Gasteiger partial charge in [-0.05, 0) is 35.4 Å². The summed E-state index contributed by atoms with van der Waals surface area (Å²) in [7, 11) is 0. The number of para-hydroxylation sites is 3. The van der Waals surface area contributed by atoms with Crippen LogP contribution >= 0.6 is 0 Å². The van der Waals surface area contributed by atoms with Crippen molar-refractivity contribution >= 4 is 43.6 Å². The second kappa shape index (κ2) is 5.68. The highest BCUT2D eigenvalue weighted by atomic mass is 15.0. The Hall–Kier alpha value is -4.30. The molecule has 0 saturated carbocycles. The SMILES string of the molecule is c1ccc2c(c1)-c1ccccc1-n1c3cc4c(cc3c3cccc-2c31)[nH]c1ccccc14. The zero-order valence-corrected chi connectivity index (χ0v) is 17.3. The second-order valence-electron chi connectivity index (χ2n) is 8.69. The van der Waals surface area contributed by atoms with E-state index in [-0.39, 0.29) is 0 Å². The van der Waals surface area contributed by atoms with Crippen LogP contribution in [0.3, 0.4) is 0 Å². The van der Waals surface area contributed by atoms with Gasteiger partial charge in [-0.25, -0.2) is 0 Å². The van der Waals surface area contributed by atoms with Gasteiger partial charge < -0.3 is 9.55 Å². The summed E-state index contributed by atoms with van der Waals surface area (Å²) in [6, 6.07) is 37.6. The molecule has 0 atom stereocenters. The van der Waals surface area contributed by atoms with Crippen molar-refractivity contribution in [3.05, 3.63) is 103 Å². The summed E-state index contributed by atoms with van der Waals surface area (Å²) in [4.78, 5) is 3.63. The summed E-state index contributed by atoms with van der Waals surface area (Å²) in [5.41, 5.74) is 11.3. The van der Waals surface area contributed by atoms with E-state index in [0.29, 0.717) is 0 Å². The fraction of sp³-hybridized carbons (Fsp3) is 0. The van der Waals surface area contributed by atoms with Crippen LogP contribution in [-0.4, -0.2) is 9.55 Å². The second-order valence-corrected chi connectivity index (χ2v) is 8.69. The lowest BCUT2D eigenvalue weighted by Gasteiger charge is -2.12. The highest BCUT2D eigenvalue weighted by Crippen LogP contribution is 2.47. The average molecular weight is 406 g/mol. The number of aromatic amines is 1. The topological polar surface area (TPSA) is 20.7 Å². The predicted octanol–water partition coefficient (Wildman–Crippen LogP) is 8.07. The van der Waals surface area contributed by atoms with Crippen LogP contribution < -0.4 is 0 Å². The number of H-pyrrole nitrogens is 1. The van der Waals surface area contributed by atoms with Gasteiger partial charge in [0, 0.05) is 43.7 Å². The van der Waals surface area contributed by atoms with Gasteiger partial charge in [0.05, 0.1) is 16.7 Å². The Kier molecular flexibility index (Phi) is 2.91. The maximum Gasteiger partial charge on any atom is 0.0619 e. The molecule has 0 unspecified atom stereocenters. The molecule has 1 aliphatic rings. The molecule has 0 amide bonds. The van der Waals surface area contributed by atoms with Gasteiger partial charge in [0.15, 0.2) is 0 Å². The third-order valence-electron chi connectivity index (χ3n) is 7.07. The summed E-state index contributed by atoms with van der Waals surface area (Å²) >= 11 is 0. The molecular weight excluding hydrogens is 388 g/mol. The van der Waals surface area contributed by atoms with Crippen molar-refractivity contribution in [2.24, 2.45) is 0 Å². The minimum Gasteiger partial charge on any atom is -0.354 e. The number of nitrogens with zero attached hydrogens (tertiary/aromatic N) is 1. The first-order valence-electron chi connectivity index (χ1n) is 11.1.